The van der Waals surface area contributed by atoms with Crippen LogP contribution in [0.4, 0.5) is 0 Å². The van der Waals surface area contributed by atoms with Gasteiger partial charge in [0.15, 0.2) is 0 Å². The lowest BCUT2D eigenvalue weighted by atomic mass is 10.1. The number of carboxylic acids is 1. The number of thiophene rings is 1. The van der Waals surface area contributed by atoms with E-state index in [1.165, 1.54) is 28.0 Å². The number of carboxylic acid groups (broad SMARTS) is 1. The van der Waals surface area contributed by atoms with E-state index in [0.29, 0.717) is 27.0 Å². The average molecular weight is 364 g/mol. The number of carbonyl (C=O) groups excluding carboxylic acids is 1. The van der Waals surface area contributed by atoms with Gasteiger partial charge in [-0.3, -0.25) is 14.2 Å². The van der Waals surface area contributed by atoms with Crippen molar-refractivity contribution in [2.24, 2.45) is 0 Å². The molecule has 5 nitrogen and oxygen atoms in total. The predicted octanol–water partition coefficient (Wildman–Crippen LogP) is 3.99. The molecule has 2 N–H and O–H groups in total. The molecule has 0 fully saturated rings. The molecular weight excluding hydrogens is 350 g/mol. The van der Waals surface area contributed by atoms with E-state index in [1.54, 1.807) is 13.0 Å². The van der Waals surface area contributed by atoms with Gasteiger partial charge in [0, 0.05) is 16.0 Å². The molecule has 124 valence electrons. The molecule has 0 saturated heterocycles. The predicted molar refractivity (Wildman–Crippen MR) is 93.5 cm³/mol. The maximum absolute atomic E-state index is 12.9. The van der Waals surface area contributed by atoms with Crippen LogP contribution in [0.15, 0.2) is 24.3 Å². The van der Waals surface area contributed by atoms with Gasteiger partial charge in [0.25, 0.3) is 5.91 Å². The number of carbonyl (C=O) groups is 2. The molecule has 3 aromatic rings. The fourth-order valence-corrected chi connectivity index (χ4v) is 3.74. The number of fused-ring (bicyclic) bond motifs is 1. The second-order valence-corrected chi connectivity index (χ2v) is 7.20. The molecule has 0 spiro atoms. The van der Waals surface area contributed by atoms with Crippen LogP contribution >= 0.6 is 22.9 Å². The summed E-state index contributed by atoms with van der Waals surface area (Å²) in [6, 6.07) is 6.50. The van der Waals surface area contributed by atoms with Gasteiger partial charge in [0.2, 0.25) is 0 Å². The quantitative estimate of drug-likeness (QED) is 0.737. The number of hydrogen-bond acceptors (Lipinski definition) is 4. The highest BCUT2D eigenvalue weighted by atomic mass is 35.5. The maximum atomic E-state index is 12.9. The first-order chi connectivity index (χ1) is 11.3. The molecule has 0 unspecified atom stereocenters. The molecule has 24 heavy (non-hydrogen) atoms. The SMILES string of the molecule is Cc1ccc(C(=O)n2c(C)c(CC(=O)O)c3cc(O)c(Cl)cc32)s1. The topological polar surface area (TPSA) is 79.5 Å². The number of aromatic hydroxyl groups is 1. The molecule has 2 aromatic heterocycles. The summed E-state index contributed by atoms with van der Waals surface area (Å²) >= 11 is 7.36. The van der Waals surface area contributed by atoms with Crippen LogP contribution in [-0.4, -0.2) is 26.7 Å². The van der Waals surface area contributed by atoms with Crippen molar-refractivity contribution in [1.82, 2.24) is 4.57 Å². The second kappa shape index (κ2) is 5.96. The zero-order valence-corrected chi connectivity index (χ0v) is 14.5. The van der Waals surface area contributed by atoms with E-state index in [-0.39, 0.29) is 23.1 Å². The summed E-state index contributed by atoms with van der Waals surface area (Å²) in [6.45, 7) is 3.61. The number of aryl methyl sites for hydroxylation is 1. The van der Waals surface area contributed by atoms with Crippen LogP contribution in [0.25, 0.3) is 10.9 Å². The van der Waals surface area contributed by atoms with Gasteiger partial charge in [-0.1, -0.05) is 11.6 Å². The number of aromatic nitrogens is 1. The van der Waals surface area contributed by atoms with Gasteiger partial charge in [-0.05, 0) is 43.7 Å². The summed E-state index contributed by atoms with van der Waals surface area (Å²) < 4.78 is 1.46. The fourth-order valence-electron chi connectivity index (χ4n) is 2.78. The van der Waals surface area contributed by atoms with E-state index in [0.717, 1.165) is 4.88 Å². The largest absolute Gasteiger partial charge is 0.506 e. The van der Waals surface area contributed by atoms with E-state index in [1.807, 2.05) is 13.0 Å². The Morgan fingerprint density at radius 3 is 2.54 bits per heavy atom. The molecule has 7 heteroatoms. The van der Waals surface area contributed by atoms with Crippen molar-refractivity contribution in [1.29, 1.82) is 0 Å². The van der Waals surface area contributed by atoms with Gasteiger partial charge in [0.05, 0.1) is 21.8 Å². The van der Waals surface area contributed by atoms with E-state index in [2.05, 4.69) is 0 Å². The molecule has 0 saturated carbocycles. The van der Waals surface area contributed by atoms with Gasteiger partial charge >= 0.3 is 5.97 Å². The highest BCUT2D eigenvalue weighted by Gasteiger charge is 2.23. The van der Waals surface area contributed by atoms with Crippen molar-refractivity contribution in [3.63, 3.8) is 0 Å². The summed E-state index contributed by atoms with van der Waals surface area (Å²) in [5.41, 5.74) is 1.51. The van der Waals surface area contributed by atoms with Crippen molar-refractivity contribution >= 4 is 45.7 Å². The van der Waals surface area contributed by atoms with Crippen molar-refractivity contribution in [2.45, 2.75) is 20.3 Å². The Kier molecular flexibility index (Phi) is 4.11. The maximum Gasteiger partial charge on any atom is 0.307 e. The first-order valence-electron chi connectivity index (χ1n) is 7.15. The Bertz CT molecular complexity index is 986. The Labute approximate surface area is 146 Å². The third kappa shape index (κ3) is 2.68. The first kappa shape index (κ1) is 16.5. The number of hydrogen-bond donors (Lipinski definition) is 2. The molecule has 1 aromatic carbocycles. The summed E-state index contributed by atoms with van der Waals surface area (Å²) in [7, 11) is 0. The molecular formula is C17H14ClNO4S. The first-order valence-corrected chi connectivity index (χ1v) is 8.34. The molecule has 3 rings (SSSR count). The number of aliphatic carboxylic acids is 1. The van der Waals surface area contributed by atoms with E-state index < -0.39 is 5.97 Å². The molecule has 0 aliphatic rings. The zero-order chi connectivity index (χ0) is 17.6. The molecule has 0 radical (unpaired) electrons. The summed E-state index contributed by atoms with van der Waals surface area (Å²) in [4.78, 5) is 25.7. The molecule has 0 aliphatic heterocycles. The Hall–Kier alpha value is -2.31. The van der Waals surface area contributed by atoms with Crippen molar-refractivity contribution in [3.8, 4) is 5.75 Å². The summed E-state index contributed by atoms with van der Waals surface area (Å²) in [5, 5.41) is 19.6. The number of benzene rings is 1. The third-order valence-corrected chi connectivity index (χ3v) is 5.18. The Morgan fingerprint density at radius 1 is 1.25 bits per heavy atom. The zero-order valence-electron chi connectivity index (χ0n) is 13.0. The van der Waals surface area contributed by atoms with Crippen LogP contribution in [0, 0.1) is 13.8 Å². The van der Waals surface area contributed by atoms with Gasteiger partial charge < -0.3 is 10.2 Å². The number of rotatable bonds is 3. The lowest BCUT2D eigenvalue weighted by molar-refractivity contribution is -0.136. The van der Waals surface area contributed by atoms with Crippen LogP contribution in [0.3, 0.4) is 0 Å². The second-order valence-electron chi connectivity index (χ2n) is 5.51. The van der Waals surface area contributed by atoms with Gasteiger partial charge in [-0.15, -0.1) is 11.3 Å². The van der Waals surface area contributed by atoms with E-state index in [4.69, 9.17) is 16.7 Å². The lowest BCUT2D eigenvalue weighted by Crippen LogP contribution is -2.12. The molecule has 0 aliphatic carbocycles. The minimum atomic E-state index is -1.01. The van der Waals surface area contributed by atoms with Crippen LogP contribution < -0.4 is 0 Å². The summed E-state index contributed by atoms with van der Waals surface area (Å²) in [6.07, 6.45) is -0.243. The molecule has 0 atom stereocenters. The highest BCUT2D eigenvalue weighted by molar-refractivity contribution is 7.14. The summed E-state index contributed by atoms with van der Waals surface area (Å²) in [5.74, 6) is -1.40. The molecule has 0 amide bonds. The number of halogens is 1. The minimum Gasteiger partial charge on any atom is -0.506 e. The van der Waals surface area contributed by atoms with E-state index in [9.17, 15) is 14.7 Å². The number of phenolic OH excluding ortho intramolecular Hbond substituents is 1. The number of phenols is 1. The Balaban J connectivity index is 2.30. The van der Waals surface area contributed by atoms with Crippen LogP contribution in [0.1, 0.15) is 25.8 Å². The number of nitrogens with zero attached hydrogens (tertiary/aromatic N) is 1. The third-order valence-electron chi connectivity index (χ3n) is 3.89. The van der Waals surface area contributed by atoms with Crippen LogP contribution in [-0.2, 0) is 11.2 Å². The van der Waals surface area contributed by atoms with Gasteiger partial charge in [-0.25, -0.2) is 0 Å². The van der Waals surface area contributed by atoms with Crippen molar-refractivity contribution < 1.29 is 19.8 Å². The van der Waals surface area contributed by atoms with Crippen molar-refractivity contribution in [3.05, 3.63) is 50.3 Å². The van der Waals surface area contributed by atoms with Gasteiger partial charge in [-0.2, -0.15) is 0 Å². The standard InChI is InChI=1S/C17H14ClNO4S/c1-8-3-4-15(24-8)17(23)19-9(2)10(6-16(21)22)11-5-14(20)12(18)7-13(11)19/h3-5,7,20H,6H2,1-2H3,(H,21,22). The lowest BCUT2D eigenvalue weighted by Gasteiger charge is -2.06. The van der Waals surface area contributed by atoms with Crippen molar-refractivity contribution in [2.75, 3.05) is 0 Å². The average Bonchev–Trinajstić information content (AvgIpc) is 3.03. The Morgan fingerprint density at radius 2 is 1.96 bits per heavy atom. The highest BCUT2D eigenvalue weighted by Crippen LogP contribution is 2.35. The smallest absolute Gasteiger partial charge is 0.307 e. The van der Waals surface area contributed by atoms with Crippen LogP contribution in [0.2, 0.25) is 5.02 Å². The van der Waals surface area contributed by atoms with E-state index >= 15 is 0 Å². The molecule has 2 heterocycles. The molecule has 0 bridgehead atoms. The fraction of sp³-hybridized carbons (Fsp3) is 0.176. The minimum absolute atomic E-state index is 0.110. The monoisotopic (exact) mass is 363 g/mol. The normalized spacial score (nSPS) is 11.1. The van der Waals surface area contributed by atoms with Gasteiger partial charge in [0.1, 0.15) is 5.75 Å². The van der Waals surface area contributed by atoms with Crippen LogP contribution in [0.5, 0.6) is 5.75 Å².